The average molecular weight is 234 g/mol. The summed E-state index contributed by atoms with van der Waals surface area (Å²) in [7, 11) is 2.02. The lowest BCUT2D eigenvalue weighted by Crippen LogP contribution is -2.36. The Morgan fingerprint density at radius 1 is 1.24 bits per heavy atom. The van der Waals surface area contributed by atoms with Gasteiger partial charge in [0.1, 0.15) is 0 Å². The maximum atomic E-state index is 5.37. The fraction of sp³-hybridized carbons (Fsp3) is 0.571. The Hall–Kier alpha value is -1.06. The third-order valence-corrected chi connectivity index (χ3v) is 3.43. The van der Waals surface area contributed by atoms with E-state index in [1.165, 1.54) is 11.3 Å². The zero-order valence-corrected chi connectivity index (χ0v) is 10.8. The van der Waals surface area contributed by atoms with Crippen molar-refractivity contribution in [2.45, 2.75) is 19.4 Å². The number of nitrogens with zero attached hydrogens (tertiary/aromatic N) is 1. The monoisotopic (exact) mass is 234 g/mol. The molecule has 0 bridgehead atoms. The van der Waals surface area contributed by atoms with Crippen LogP contribution >= 0.6 is 0 Å². The van der Waals surface area contributed by atoms with Gasteiger partial charge in [0, 0.05) is 24.8 Å². The molecule has 1 aliphatic heterocycles. The molecule has 0 radical (unpaired) electrons. The van der Waals surface area contributed by atoms with Crippen LogP contribution in [0.1, 0.15) is 24.9 Å². The molecule has 17 heavy (non-hydrogen) atoms. The van der Waals surface area contributed by atoms with E-state index < -0.39 is 0 Å². The summed E-state index contributed by atoms with van der Waals surface area (Å²) in [5.41, 5.74) is 2.68. The Morgan fingerprint density at radius 3 is 2.41 bits per heavy atom. The highest BCUT2D eigenvalue weighted by Crippen LogP contribution is 2.21. The van der Waals surface area contributed by atoms with Crippen LogP contribution in [0.2, 0.25) is 0 Å². The minimum atomic E-state index is 0.466. The normalized spacial score (nSPS) is 18.1. The van der Waals surface area contributed by atoms with E-state index >= 15 is 0 Å². The van der Waals surface area contributed by atoms with Crippen molar-refractivity contribution in [3.05, 3.63) is 29.8 Å². The second-order valence-corrected chi connectivity index (χ2v) is 4.44. The highest BCUT2D eigenvalue weighted by molar-refractivity contribution is 5.48. The van der Waals surface area contributed by atoms with Crippen LogP contribution in [-0.4, -0.2) is 33.4 Å². The van der Waals surface area contributed by atoms with E-state index in [9.17, 15) is 0 Å². The number of morpholine rings is 1. The van der Waals surface area contributed by atoms with Gasteiger partial charge in [0.2, 0.25) is 0 Å². The van der Waals surface area contributed by atoms with Crippen LogP contribution in [-0.2, 0) is 4.74 Å². The van der Waals surface area contributed by atoms with E-state index in [1.807, 2.05) is 7.05 Å². The van der Waals surface area contributed by atoms with E-state index in [4.69, 9.17) is 4.74 Å². The first-order valence-electron chi connectivity index (χ1n) is 6.45. The third-order valence-electron chi connectivity index (χ3n) is 3.43. The molecule has 2 rings (SSSR count). The molecule has 0 saturated carbocycles. The molecule has 1 saturated heterocycles. The molecular weight excluding hydrogens is 212 g/mol. The summed E-state index contributed by atoms with van der Waals surface area (Å²) >= 11 is 0. The average Bonchev–Trinajstić information content (AvgIpc) is 2.42. The predicted molar refractivity (Wildman–Crippen MR) is 71.6 cm³/mol. The predicted octanol–water partition coefficient (Wildman–Crippen LogP) is 2.19. The summed E-state index contributed by atoms with van der Waals surface area (Å²) in [6, 6.07) is 9.38. The van der Waals surface area contributed by atoms with Gasteiger partial charge >= 0.3 is 0 Å². The van der Waals surface area contributed by atoms with Crippen LogP contribution in [0.3, 0.4) is 0 Å². The first-order chi connectivity index (χ1) is 8.35. The van der Waals surface area contributed by atoms with E-state index in [2.05, 4.69) is 41.4 Å². The van der Waals surface area contributed by atoms with Gasteiger partial charge in [-0.1, -0.05) is 19.1 Å². The lowest BCUT2D eigenvalue weighted by molar-refractivity contribution is 0.122. The van der Waals surface area contributed by atoms with Crippen molar-refractivity contribution in [2.75, 3.05) is 38.3 Å². The molecular formula is C14H22N2O. The SMILES string of the molecule is CCC(NC)c1ccc(N2CCOCC2)cc1. The van der Waals surface area contributed by atoms with E-state index in [1.54, 1.807) is 0 Å². The first-order valence-corrected chi connectivity index (χ1v) is 6.45. The molecule has 1 unspecified atom stereocenters. The molecule has 0 aromatic heterocycles. The summed E-state index contributed by atoms with van der Waals surface area (Å²) in [5.74, 6) is 0. The number of hydrogen-bond donors (Lipinski definition) is 1. The van der Waals surface area contributed by atoms with Gasteiger partial charge in [0.25, 0.3) is 0 Å². The van der Waals surface area contributed by atoms with Crippen LogP contribution in [0.5, 0.6) is 0 Å². The summed E-state index contributed by atoms with van der Waals surface area (Å²) < 4.78 is 5.37. The maximum absolute atomic E-state index is 5.37. The van der Waals surface area contributed by atoms with Crippen molar-refractivity contribution in [1.29, 1.82) is 0 Å². The van der Waals surface area contributed by atoms with Crippen molar-refractivity contribution >= 4 is 5.69 Å². The van der Waals surface area contributed by atoms with E-state index in [0.29, 0.717) is 6.04 Å². The Kier molecular flexibility index (Phi) is 4.40. The zero-order chi connectivity index (χ0) is 12.1. The van der Waals surface area contributed by atoms with Gasteiger partial charge in [0.15, 0.2) is 0 Å². The molecule has 1 aliphatic rings. The van der Waals surface area contributed by atoms with Gasteiger partial charge in [0.05, 0.1) is 13.2 Å². The highest BCUT2D eigenvalue weighted by atomic mass is 16.5. The lowest BCUT2D eigenvalue weighted by Gasteiger charge is -2.29. The van der Waals surface area contributed by atoms with Crippen molar-refractivity contribution in [3.63, 3.8) is 0 Å². The van der Waals surface area contributed by atoms with Gasteiger partial charge < -0.3 is 15.0 Å². The molecule has 1 atom stereocenters. The quantitative estimate of drug-likeness (QED) is 0.864. The fourth-order valence-electron chi connectivity index (χ4n) is 2.35. The molecule has 1 N–H and O–H groups in total. The molecule has 0 amide bonds. The van der Waals surface area contributed by atoms with Crippen LogP contribution < -0.4 is 10.2 Å². The Labute approximate surface area is 104 Å². The van der Waals surface area contributed by atoms with Crippen molar-refractivity contribution in [1.82, 2.24) is 5.32 Å². The molecule has 1 aromatic rings. The molecule has 94 valence electrons. The topological polar surface area (TPSA) is 24.5 Å². The summed E-state index contributed by atoms with van der Waals surface area (Å²) in [4.78, 5) is 2.38. The Morgan fingerprint density at radius 2 is 1.88 bits per heavy atom. The number of anilines is 1. The Balaban J connectivity index is 2.06. The number of hydrogen-bond acceptors (Lipinski definition) is 3. The van der Waals surface area contributed by atoms with Crippen LogP contribution in [0.15, 0.2) is 24.3 Å². The second-order valence-electron chi connectivity index (χ2n) is 4.44. The molecule has 3 heteroatoms. The molecule has 0 aliphatic carbocycles. The third kappa shape index (κ3) is 2.99. The van der Waals surface area contributed by atoms with Gasteiger partial charge in [-0.2, -0.15) is 0 Å². The minimum Gasteiger partial charge on any atom is -0.378 e. The van der Waals surface area contributed by atoms with Crippen molar-refractivity contribution in [3.8, 4) is 0 Å². The van der Waals surface area contributed by atoms with Gasteiger partial charge in [-0.15, -0.1) is 0 Å². The van der Waals surface area contributed by atoms with Crippen LogP contribution in [0, 0.1) is 0 Å². The molecule has 0 spiro atoms. The van der Waals surface area contributed by atoms with E-state index in [0.717, 1.165) is 32.7 Å². The molecule has 1 fully saturated rings. The largest absolute Gasteiger partial charge is 0.378 e. The van der Waals surface area contributed by atoms with E-state index in [-0.39, 0.29) is 0 Å². The van der Waals surface area contributed by atoms with Gasteiger partial charge in [-0.3, -0.25) is 0 Å². The Bertz CT molecular complexity index is 327. The van der Waals surface area contributed by atoms with Crippen LogP contribution in [0.4, 0.5) is 5.69 Å². The maximum Gasteiger partial charge on any atom is 0.0642 e. The van der Waals surface area contributed by atoms with Crippen molar-refractivity contribution < 1.29 is 4.74 Å². The minimum absolute atomic E-state index is 0.466. The summed E-state index contributed by atoms with van der Waals surface area (Å²) in [6.07, 6.45) is 1.12. The number of ether oxygens (including phenoxy) is 1. The van der Waals surface area contributed by atoms with Crippen molar-refractivity contribution in [2.24, 2.45) is 0 Å². The summed E-state index contributed by atoms with van der Waals surface area (Å²) in [5, 5.41) is 3.33. The second kappa shape index (κ2) is 6.03. The molecule has 1 aromatic carbocycles. The lowest BCUT2D eigenvalue weighted by atomic mass is 10.0. The summed E-state index contributed by atoms with van der Waals surface area (Å²) in [6.45, 7) is 5.90. The highest BCUT2D eigenvalue weighted by Gasteiger charge is 2.12. The number of benzene rings is 1. The number of nitrogens with one attached hydrogen (secondary N) is 1. The zero-order valence-electron chi connectivity index (χ0n) is 10.8. The smallest absolute Gasteiger partial charge is 0.0642 e. The molecule has 1 heterocycles. The van der Waals surface area contributed by atoms with Gasteiger partial charge in [-0.05, 0) is 31.2 Å². The fourth-order valence-corrected chi connectivity index (χ4v) is 2.35. The standard InChI is InChI=1S/C14H22N2O/c1-3-14(15-2)12-4-6-13(7-5-12)16-8-10-17-11-9-16/h4-7,14-15H,3,8-11H2,1-2H3. The molecule has 3 nitrogen and oxygen atoms in total. The van der Waals surface area contributed by atoms with Gasteiger partial charge in [-0.25, -0.2) is 0 Å². The number of rotatable bonds is 4. The van der Waals surface area contributed by atoms with Crippen LogP contribution in [0.25, 0.3) is 0 Å². The first kappa shape index (κ1) is 12.4.